The molecule has 0 fully saturated rings. The molecule has 0 bridgehead atoms. The fourth-order valence-electron chi connectivity index (χ4n) is 0.897. The Morgan fingerprint density at radius 1 is 1.33 bits per heavy atom. The standard InChI is InChI=1S/C9H9NO3S.Na.H/c11-8(5-14)10-7-3-1-6(2-4-7)9(12)13;;/h1-4,14H,5H2,(H,10,11)(H,12,13);;/q;+1;-1. The summed E-state index contributed by atoms with van der Waals surface area (Å²) in [6.07, 6.45) is 0. The van der Waals surface area contributed by atoms with E-state index in [0.29, 0.717) is 5.69 Å². The molecule has 15 heavy (non-hydrogen) atoms. The molecule has 0 radical (unpaired) electrons. The minimum absolute atomic E-state index is 0. The number of amides is 1. The Hall–Kier alpha value is -0.490. The van der Waals surface area contributed by atoms with E-state index in [2.05, 4.69) is 17.9 Å². The minimum Gasteiger partial charge on any atom is -1.00 e. The van der Waals surface area contributed by atoms with E-state index in [-0.39, 0.29) is 48.2 Å². The first kappa shape index (κ1) is 14.5. The smallest absolute Gasteiger partial charge is 1.00 e. The summed E-state index contributed by atoms with van der Waals surface area (Å²) in [5, 5.41) is 11.2. The predicted octanol–water partition coefficient (Wildman–Crippen LogP) is -1.63. The molecule has 1 amide bonds. The van der Waals surface area contributed by atoms with Crippen molar-refractivity contribution in [3.05, 3.63) is 29.8 Å². The first-order chi connectivity index (χ1) is 6.63. The van der Waals surface area contributed by atoms with E-state index >= 15 is 0 Å². The van der Waals surface area contributed by atoms with Crippen LogP contribution in [0.5, 0.6) is 0 Å². The van der Waals surface area contributed by atoms with Gasteiger partial charge in [-0.1, -0.05) is 0 Å². The number of rotatable bonds is 3. The molecule has 0 aliphatic heterocycles. The SMILES string of the molecule is O=C(CS)Nc1ccc(C(=O)O)cc1.[H-].[Na+]. The van der Waals surface area contributed by atoms with Crippen LogP contribution >= 0.6 is 12.6 Å². The van der Waals surface area contributed by atoms with Gasteiger partial charge in [0.05, 0.1) is 11.3 Å². The monoisotopic (exact) mass is 235 g/mol. The number of anilines is 1. The summed E-state index contributed by atoms with van der Waals surface area (Å²) in [6.45, 7) is 0. The number of hydrogen-bond donors (Lipinski definition) is 3. The topological polar surface area (TPSA) is 66.4 Å². The second kappa shape index (κ2) is 6.90. The average Bonchev–Trinajstić information content (AvgIpc) is 2.18. The molecule has 0 atom stereocenters. The van der Waals surface area contributed by atoms with Crippen molar-refractivity contribution in [1.82, 2.24) is 0 Å². The van der Waals surface area contributed by atoms with Crippen LogP contribution in [-0.2, 0) is 4.79 Å². The van der Waals surface area contributed by atoms with Gasteiger partial charge in [0.1, 0.15) is 0 Å². The number of carbonyl (C=O) groups excluding carboxylic acids is 1. The molecule has 1 rings (SSSR count). The summed E-state index contributed by atoms with van der Waals surface area (Å²) in [5.74, 6) is -1.12. The quantitative estimate of drug-likeness (QED) is 0.435. The molecule has 0 saturated heterocycles. The van der Waals surface area contributed by atoms with Crippen LogP contribution in [-0.4, -0.2) is 22.7 Å². The molecule has 0 spiro atoms. The van der Waals surface area contributed by atoms with E-state index in [1.54, 1.807) is 0 Å². The Morgan fingerprint density at radius 3 is 2.27 bits per heavy atom. The van der Waals surface area contributed by atoms with Crippen LogP contribution < -0.4 is 34.9 Å². The van der Waals surface area contributed by atoms with Crippen molar-refractivity contribution in [2.75, 3.05) is 11.1 Å². The minimum atomic E-state index is -0.989. The van der Waals surface area contributed by atoms with Gasteiger partial charge in [0, 0.05) is 5.69 Å². The number of benzene rings is 1. The molecule has 4 nitrogen and oxygen atoms in total. The van der Waals surface area contributed by atoms with Gasteiger partial charge in [0.15, 0.2) is 0 Å². The summed E-state index contributed by atoms with van der Waals surface area (Å²) in [5.41, 5.74) is 0.753. The Kier molecular flexibility index (Phi) is 6.67. The van der Waals surface area contributed by atoms with Crippen molar-refractivity contribution in [2.45, 2.75) is 0 Å². The summed E-state index contributed by atoms with van der Waals surface area (Å²) in [4.78, 5) is 21.4. The second-order valence-corrected chi connectivity index (χ2v) is 2.91. The number of aromatic carboxylic acids is 1. The number of thiol groups is 1. The normalized spacial score (nSPS) is 8.87. The van der Waals surface area contributed by atoms with Crippen molar-refractivity contribution >= 4 is 30.2 Å². The zero-order chi connectivity index (χ0) is 10.6. The maximum Gasteiger partial charge on any atom is 1.00 e. The van der Waals surface area contributed by atoms with Crippen LogP contribution in [0.2, 0.25) is 0 Å². The van der Waals surface area contributed by atoms with Crippen molar-refractivity contribution in [1.29, 1.82) is 0 Å². The molecule has 1 aromatic rings. The van der Waals surface area contributed by atoms with E-state index in [1.807, 2.05) is 0 Å². The molecule has 0 aliphatic rings. The molecule has 0 heterocycles. The first-order valence-corrected chi connectivity index (χ1v) is 4.51. The summed E-state index contributed by atoms with van der Waals surface area (Å²) in [6, 6.07) is 5.92. The summed E-state index contributed by atoms with van der Waals surface area (Å²) in [7, 11) is 0. The van der Waals surface area contributed by atoms with Crippen molar-refractivity contribution in [3.8, 4) is 0 Å². The van der Waals surface area contributed by atoms with Gasteiger partial charge in [-0.3, -0.25) is 4.79 Å². The summed E-state index contributed by atoms with van der Waals surface area (Å²) >= 11 is 3.79. The van der Waals surface area contributed by atoms with Crippen LogP contribution in [0.4, 0.5) is 5.69 Å². The predicted molar refractivity (Wildman–Crippen MR) is 57.0 cm³/mol. The van der Waals surface area contributed by atoms with Gasteiger partial charge in [0.2, 0.25) is 5.91 Å². The zero-order valence-electron chi connectivity index (χ0n) is 9.23. The van der Waals surface area contributed by atoms with Crippen LogP contribution in [0.3, 0.4) is 0 Å². The number of carboxylic acid groups (broad SMARTS) is 1. The maximum atomic E-state index is 10.9. The van der Waals surface area contributed by atoms with E-state index in [1.165, 1.54) is 24.3 Å². The third kappa shape index (κ3) is 4.70. The molecule has 0 saturated carbocycles. The molecule has 76 valence electrons. The molecule has 0 unspecified atom stereocenters. The average molecular weight is 235 g/mol. The number of carbonyl (C=O) groups is 2. The third-order valence-corrected chi connectivity index (χ3v) is 1.85. The molecule has 0 aliphatic carbocycles. The number of nitrogens with one attached hydrogen (secondary N) is 1. The van der Waals surface area contributed by atoms with Gasteiger partial charge in [-0.15, -0.1) is 0 Å². The molecule has 2 N–H and O–H groups in total. The Balaban J connectivity index is 0. The van der Waals surface area contributed by atoms with Crippen LogP contribution in [0.25, 0.3) is 0 Å². The molecule has 6 heteroatoms. The van der Waals surface area contributed by atoms with Gasteiger partial charge in [-0.25, -0.2) is 4.79 Å². The van der Waals surface area contributed by atoms with E-state index in [9.17, 15) is 9.59 Å². The molecule has 0 aromatic heterocycles. The first-order valence-electron chi connectivity index (χ1n) is 3.87. The van der Waals surface area contributed by atoms with Gasteiger partial charge in [-0.05, 0) is 24.3 Å². The Bertz CT molecular complexity index is 358. The van der Waals surface area contributed by atoms with Crippen molar-refractivity contribution in [2.24, 2.45) is 0 Å². The van der Waals surface area contributed by atoms with Crippen LogP contribution in [0, 0.1) is 0 Å². The van der Waals surface area contributed by atoms with Crippen LogP contribution in [0.15, 0.2) is 24.3 Å². The zero-order valence-corrected chi connectivity index (χ0v) is 11.1. The third-order valence-electron chi connectivity index (χ3n) is 1.56. The van der Waals surface area contributed by atoms with Gasteiger partial charge in [-0.2, -0.15) is 12.6 Å². The van der Waals surface area contributed by atoms with Gasteiger partial charge < -0.3 is 11.8 Å². The molecule has 1 aromatic carbocycles. The molecular weight excluding hydrogens is 225 g/mol. The van der Waals surface area contributed by atoms with E-state index in [0.717, 1.165) is 0 Å². The summed E-state index contributed by atoms with van der Waals surface area (Å²) < 4.78 is 0. The van der Waals surface area contributed by atoms with Crippen molar-refractivity contribution < 1.29 is 45.7 Å². The fraction of sp³-hybridized carbons (Fsp3) is 0.111. The number of hydrogen-bond acceptors (Lipinski definition) is 3. The largest absolute Gasteiger partial charge is 1.00 e. The number of carboxylic acids is 1. The molecular formula is C9H10NNaO3S. The maximum absolute atomic E-state index is 10.9. The second-order valence-electron chi connectivity index (χ2n) is 2.59. The van der Waals surface area contributed by atoms with E-state index in [4.69, 9.17) is 5.11 Å². The van der Waals surface area contributed by atoms with Crippen LogP contribution in [0.1, 0.15) is 11.8 Å². The van der Waals surface area contributed by atoms with Gasteiger partial charge in [0.25, 0.3) is 0 Å². The van der Waals surface area contributed by atoms with Gasteiger partial charge >= 0.3 is 35.5 Å². The van der Waals surface area contributed by atoms with Crippen molar-refractivity contribution in [3.63, 3.8) is 0 Å². The fourth-order valence-corrected chi connectivity index (χ4v) is 0.976. The Labute approximate surface area is 116 Å². The van der Waals surface area contributed by atoms with E-state index < -0.39 is 5.97 Å². The Morgan fingerprint density at radius 2 is 1.87 bits per heavy atom.